The Hall–Kier alpha value is -1.96. The molecule has 0 aliphatic carbocycles. The van der Waals surface area contributed by atoms with Crippen LogP contribution in [-0.2, 0) is 9.47 Å². The summed E-state index contributed by atoms with van der Waals surface area (Å²) in [6.07, 6.45) is -1.67. The first-order valence-corrected chi connectivity index (χ1v) is 10.2. The second kappa shape index (κ2) is 7.46. The van der Waals surface area contributed by atoms with Gasteiger partial charge in [0.1, 0.15) is 11.2 Å². The summed E-state index contributed by atoms with van der Waals surface area (Å²) in [4.78, 5) is 19.7. The zero-order valence-corrected chi connectivity index (χ0v) is 18.0. The smallest absolute Gasteiger partial charge is 0.413 e. The molecule has 1 aromatic heterocycles. The van der Waals surface area contributed by atoms with E-state index in [2.05, 4.69) is 4.98 Å². The first-order valence-electron chi connectivity index (χ1n) is 9.33. The Bertz CT molecular complexity index is 839. The summed E-state index contributed by atoms with van der Waals surface area (Å²) in [6, 6.07) is 7.51. The summed E-state index contributed by atoms with van der Waals surface area (Å²) in [5.74, 6) is 0. The van der Waals surface area contributed by atoms with Crippen LogP contribution in [0.2, 0.25) is 0 Å². The van der Waals surface area contributed by atoms with E-state index in [1.54, 1.807) is 25.2 Å². The van der Waals surface area contributed by atoms with E-state index in [0.29, 0.717) is 0 Å². The van der Waals surface area contributed by atoms with Crippen molar-refractivity contribution in [1.29, 1.82) is 0 Å². The van der Waals surface area contributed by atoms with Crippen LogP contribution in [-0.4, -0.2) is 45.1 Å². The van der Waals surface area contributed by atoms with Gasteiger partial charge in [-0.25, -0.2) is 9.78 Å². The van der Waals surface area contributed by atoms with Crippen molar-refractivity contribution in [1.82, 2.24) is 9.88 Å². The van der Waals surface area contributed by atoms with Crippen molar-refractivity contribution in [2.45, 2.75) is 65.0 Å². The topological polar surface area (TPSA) is 71.9 Å². The molecule has 1 N–H and O–H groups in total. The number of rotatable bonds is 2. The highest BCUT2D eigenvalue weighted by Crippen LogP contribution is 2.37. The largest absolute Gasteiger partial charge is 0.444 e. The van der Waals surface area contributed by atoms with Gasteiger partial charge in [0.15, 0.2) is 6.23 Å². The Labute approximate surface area is 170 Å². The maximum Gasteiger partial charge on any atom is 0.413 e. The van der Waals surface area contributed by atoms with E-state index < -0.39 is 29.6 Å². The predicted molar refractivity (Wildman–Crippen MR) is 109 cm³/mol. The lowest BCUT2D eigenvalue weighted by Gasteiger charge is -2.47. The Morgan fingerprint density at radius 2 is 1.96 bits per heavy atom. The number of morpholine rings is 1. The number of carbonyl (C=O) groups excluding carboxylic acids is 1. The third-order valence-corrected chi connectivity index (χ3v) is 5.72. The Morgan fingerprint density at radius 1 is 1.32 bits per heavy atom. The Balaban J connectivity index is 1.91. The number of aromatic nitrogens is 1. The fraction of sp³-hybridized carbons (Fsp3) is 0.524. The third-order valence-electron chi connectivity index (χ3n) is 4.74. The summed E-state index contributed by atoms with van der Waals surface area (Å²) >= 11 is 1.60. The summed E-state index contributed by atoms with van der Waals surface area (Å²) in [7, 11) is 0. The van der Waals surface area contributed by atoms with E-state index in [4.69, 9.17) is 9.47 Å². The van der Waals surface area contributed by atoms with Gasteiger partial charge in [0.05, 0.1) is 28.7 Å². The average Bonchev–Trinajstić information content (AvgIpc) is 3.02. The number of hydrogen-bond acceptors (Lipinski definition) is 6. The van der Waals surface area contributed by atoms with Gasteiger partial charge >= 0.3 is 6.09 Å². The van der Waals surface area contributed by atoms with Crippen molar-refractivity contribution in [3.8, 4) is 10.4 Å². The first kappa shape index (κ1) is 20.8. The lowest BCUT2D eigenvalue weighted by Crippen LogP contribution is -2.60. The van der Waals surface area contributed by atoms with Crippen LogP contribution in [0.5, 0.6) is 0 Å². The van der Waals surface area contributed by atoms with Crippen LogP contribution < -0.4 is 0 Å². The van der Waals surface area contributed by atoms with Crippen LogP contribution in [0.25, 0.3) is 10.4 Å². The lowest BCUT2D eigenvalue weighted by atomic mass is 9.97. The summed E-state index contributed by atoms with van der Waals surface area (Å²) in [6.45, 7) is 11.2. The maximum absolute atomic E-state index is 12.9. The van der Waals surface area contributed by atoms with Gasteiger partial charge in [0.2, 0.25) is 0 Å². The molecule has 0 saturated carbocycles. The summed E-state index contributed by atoms with van der Waals surface area (Å²) in [5, 5.41) is 10.8. The Kier molecular flexibility index (Phi) is 5.53. The SMILES string of the molecule is Cc1ncsc1-c1ccc([C@@H]2COC(C)(C)C(O)N2C(=O)OC(C)(C)C)cc1. The molecule has 3 rings (SSSR count). The number of aliphatic hydroxyl groups is 1. The van der Waals surface area contributed by atoms with E-state index in [1.165, 1.54) is 4.90 Å². The molecule has 1 aliphatic heterocycles. The van der Waals surface area contributed by atoms with E-state index >= 15 is 0 Å². The molecule has 7 heteroatoms. The summed E-state index contributed by atoms with van der Waals surface area (Å²) in [5.41, 5.74) is 3.24. The maximum atomic E-state index is 12.9. The third kappa shape index (κ3) is 4.21. The normalized spacial score (nSPS) is 22.2. The number of amides is 1. The van der Waals surface area contributed by atoms with Gasteiger partial charge in [0.25, 0.3) is 0 Å². The second-order valence-electron chi connectivity index (χ2n) is 8.58. The van der Waals surface area contributed by atoms with Gasteiger partial charge in [0, 0.05) is 0 Å². The van der Waals surface area contributed by atoms with Crippen molar-refractivity contribution in [2.24, 2.45) is 0 Å². The molecule has 0 spiro atoms. The quantitative estimate of drug-likeness (QED) is 0.796. The van der Waals surface area contributed by atoms with Gasteiger partial charge in [-0.2, -0.15) is 0 Å². The highest BCUT2D eigenvalue weighted by molar-refractivity contribution is 7.13. The molecular formula is C21H28N2O4S. The first-order chi connectivity index (χ1) is 13.0. The van der Waals surface area contributed by atoms with E-state index in [-0.39, 0.29) is 6.61 Å². The van der Waals surface area contributed by atoms with Crippen LogP contribution in [0, 0.1) is 6.92 Å². The van der Waals surface area contributed by atoms with E-state index in [1.807, 2.05) is 57.5 Å². The van der Waals surface area contributed by atoms with E-state index in [0.717, 1.165) is 21.7 Å². The van der Waals surface area contributed by atoms with Crippen LogP contribution in [0.15, 0.2) is 29.8 Å². The number of aliphatic hydroxyl groups excluding tert-OH is 1. The molecule has 0 bridgehead atoms. The minimum atomic E-state index is -1.12. The van der Waals surface area contributed by atoms with Crippen LogP contribution in [0.3, 0.4) is 0 Å². The molecule has 152 valence electrons. The molecule has 1 unspecified atom stereocenters. The van der Waals surface area contributed by atoms with Gasteiger partial charge in [-0.05, 0) is 52.7 Å². The highest BCUT2D eigenvalue weighted by atomic mass is 32.1. The number of ether oxygens (including phenoxy) is 2. The van der Waals surface area contributed by atoms with Crippen LogP contribution in [0.1, 0.15) is 51.9 Å². The summed E-state index contributed by atoms with van der Waals surface area (Å²) < 4.78 is 11.4. The lowest BCUT2D eigenvalue weighted by molar-refractivity contribution is -0.216. The fourth-order valence-corrected chi connectivity index (χ4v) is 4.00. The second-order valence-corrected chi connectivity index (χ2v) is 9.44. The van der Waals surface area contributed by atoms with Crippen LogP contribution >= 0.6 is 11.3 Å². The van der Waals surface area contributed by atoms with Gasteiger partial charge < -0.3 is 14.6 Å². The van der Waals surface area contributed by atoms with Crippen molar-refractivity contribution in [3.05, 3.63) is 41.0 Å². The standard InChI is InChI=1S/C21H28N2O4S/c1-13-17(28-12-22-13)15-9-7-14(8-10-15)16-11-26-21(5,6)18(24)23(16)19(25)27-20(2,3)4/h7-10,12,16,18,24H,11H2,1-6H3/t16-,18?/m0/s1. The van der Waals surface area contributed by atoms with Crippen LogP contribution in [0.4, 0.5) is 4.79 Å². The number of thiazole rings is 1. The molecule has 6 nitrogen and oxygen atoms in total. The molecule has 1 aromatic carbocycles. The molecule has 2 atom stereocenters. The minimum Gasteiger partial charge on any atom is -0.444 e. The average molecular weight is 405 g/mol. The van der Waals surface area contributed by atoms with Crippen molar-refractivity contribution >= 4 is 17.4 Å². The number of hydrogen-bond donors (Lipinski definition) is 1. The predicted octanol–water partition coefficient (Wildman–Crippen LogP) is 4.52. The number of aryl methyl sites for hydroxylation is 1. The van der Waals surface area contributed by atoms with E-state index in [9.17, 15) is 9.90 Å². The molecule has 2 heterocycles. The molecule has 1 fully saturated rings. The number of carbonyl (C=O) groups is 1. The molecule has 1 aliphatic rings. The molecule has 0 radical (unpaired) electrons. The van der Waals surface area contributed by atoms with Gasteiger partial charge in [-0.1, -0.05) is 24.3 Å². The highest BCUT2D eigenvalue weighted by Gasteiger charge is 2.46. The van der Waals surface area contributed by atoms with Crippen molar-refractivity contribution in [3.63, 3.8) is 0 Å². The monoisotopic (exact) mass is 404 g/mol. The van der Waals surface area contributed by atoms with Crippen molar-refractivity contribution < 1.29 is 19.4 Å². The van der Waals surface area contributed by atoms with Crippen molar-refractivity contribution in [2.75, 3.05) is 6.61 Å². The zero-order chi connectivity index (χ0) is 20.7. The number of nitrogens with zero attached hydrogens (tertiary/aromatic N) is 2. The zero-order valence-electron chi connectivity index (χ0n) is 17.2. The molecule has 28 heavy (non-hydrogen) atoms. The molecule has 2 aromatic rings. The van der Waals surface area contributed by atoms with Gasteiger partial charge in [-0.15, -0.1) is 11.3 Å². The molecule has 1 saturated heterocycles. The Morgan fingerprint density at radius 3 is 2.50 bits per heavy atom. The minimum absolute atomic E-state index is 0.280. The molecule has 1 amide bonds. The van der Waals surface area contributed by atoms with Gasteiger partial charge in [-0.3, -0.25) is 4.90 Å². The fourth-order valence-electron chi connectivity index (χ4n) is 3.19. The number of benzene rings is 1. The molecular weight excluding hydrogens is 376 g/mol.